The van der Waals surface area contributed by atoms with E-state index in [-0.39, 0.29) is 11.8 Å². The van der Waals surface area contributed by atoms with Gasteiger partial charge in [0.25, 0.3) is 5.91 Å². The van der Waals surface area contributed by atoms with Crippen LogP contribution in [-0.4, -0.2) is 68.4 Å². The summed E-state index contributed by atoms with van der Waals surface area (Å²) in [5.74, 6) is -0.119. The van der Waals surface area contributed by atoms with E-state index >= 15 is 0 Å². The molecule has 1 aliphatic rings. The molecule has 0 aromatic heterocycles. The smallest absolute Gasteiger partial charge is 0.253 e. The minimum Gasteiger partial charge on any atom is -0.345 e. The van der Waals surface area contributed by atoms with Gasteiger partial charge in [0.05, 0.1) is 6.54 Å². The first kappa shape index (κ1) is 16.5. The Hall–Kier alpha value is -1.92. The van der Waals surface area contributed by atoms with Crippen LogP contribution >= 0.6 is 0 Å². The second-order valence-corrected chi connectivity index (χ2v) is 5.71. The molecule has 120 valence electrons. The fraction of sp³-hybridized carbons (Fsp3) is 0.500. The van der Waals surface area contributed by atoms with E-state index in [1.807, 2.05) is 0 Å². The molecule has 1 aromatic rings. The van der Waals surface area contributed by atoms with Gasteiger partial charge < -0.3 is 15.5 Å². The van der Waals surface area contributed by atoms with E-state index < -0.39 is 0 Å². The highest BCUT2D eigenvalue weighted by atomic mass is 16.2. The van der Waals surface area contributed by atoms with Crippen molar-refractivity contribution in [3.05, 3.63) is 29.8 Å². The van der Waals surface area contributed by atoms with Gasteiger partial charge >= 0.3 is 0 Å². The van der Waals surface area contributed by atoms with E-state index in [0.29, 0.717) is 17.8 Å². The zero-order valence-corrected chi connectivity index (χ0v) is 13.3. The zero-order chi connectivity index (χ0) is 15.9. The summed E-state index contributed by atoms with van der Waals surface area (Å²) in [5, 5.41) is 6.19. The lowest BCUT2D eigenvalue weighted by atomic mass is 10.2. The van der Waals surface area contributed by atoms with E-state index in [0.717, 1.165) is 32.6 Å². The number of nitrogens with one attached hydrogen (secondary N) is 2. The summed E-state index contributed by atoms with van der Waals surface area (Å²) < 4.78 is 0. The molecular weight excluding hydrogens is 280 g/mol. The Balaban J connectivity index is 1.93. The molecule has 0 unspecified atom stereocenters. The first-order valence-electron chi connectivity index (χ1n) is 7.61. The highest BCUT2D eigenvalue weighted by Crippen LogP contribution is 2.12. The van der Waals surface area contributed by atoms with Crippen molar-refractivity contribution < 1.29 is 9.59 Å². The van der Waals surface area contributed by atoms with Gasteiger partial charge in [-0.15, -0.1) is 0 Å². The molecule has 6 nitrogen and oxygen atoms in total. The van der Waals surface area contributed by atoms with Crippen molar-refractivity contribution in [2.45, 2.75) is 6.42 Å². The predicted octanol–water partition coefficient (Wildman–Crippen LogP) is 0.622. The lowest BCUT2D eigenvalue weighted by molar-refractivity contribution is -0.117. The van der Waals surface area contributed by atoms with Crippen molar-refractivity contribution in [2.75, 3.05) is 52.1 Å². The lowest BCUT2D eigenvalue weighted by Crippen LogP contribution is -2.35. The number of carbonyl (C=O) groups excluding carboxylic acids is 2. The van der Waals surface area contributed by atoms with E-state index in [2.05, 4.69) is 15.5 Å². The number of benzene rings is 1. The number of anilines is 1. The van der Waals surface area contributed by atoms with Crippen LogP contribution in [0.2, 0.25) is 0 Å². The Bertz CT molecular complexity index is 523. The molecule has 1 aliphatic heterocycles. The van der Waals surface area contributed by atoms with Crippen LogP contribution in [0.25, 0.3) is 0 Å². The number of amides is 2. The molecule has 0 spiro atoms. The van der Waals surface area contributed by atoms with Gasteiger partial charge in [-0.25, -0.2) is 0 Å². The van der Waals surface area contributed by atoms with Gasteiger partial charge in [0, 0.05) is 38.4 Å². The second kappa shape index (κ2) is 7.91. The van der Waals surface area contributed by atoms with Crippen LogP contribution in [0.1, 0.15) is 16.8 Å². The van der Waals surface area contributed by atoms with E-state index in [1.54, 1.807) is 38.4 Å². The molecule has 1 heterocycles. The summed E-state index contributed by atoms with van der Waals surface area (Å²) in [4.78, 5) is 27.7. The van der Waals surface area contributed by atoms with Crippen molar-refractivity contribution >= 4 is 17.5 Å². The Morgan fingerprint density at radius 1 is 1.27 bits per heavy atom. The highest BCUT2D eigenvalue weighted by Gasteiger charge is 2.14. The summed E-state index contributed by atoms with van der Waals surface area (Å²) in [7, 11) is 3.42. The van der Waals surface area contributed by atoms with Crippen LogP contribution in [0.15, 0.2) is 24.3 Å². The number of nitrogens with zero attached hydrogens (tertiary/aromatic N) is 2. The monoisotopic (exact) mass is 304 g/mol. The number of hydrogen-bond acceptors (Lipinski definition) is 4. The summed E-state index contributed by atoms with van der Waals surface area (Å²) in [6, 6.07) is 7.04. The maximum atomic E-state index is 12.1. The Labute approximate surface area is 131 Å². The van der Waals surface area contributed by atoms with E-state index in [9.17, 15) is 9.59 Å². The summed E-state index contributed by atoms with van der Waals surface area (Å²) in [6.45, 7) is 4.12. The van der Waals surface area contributed by atoms with E-state index in [1.165, 1.54) is 4.90 Å². The molecule has 2 amide bonds. The first-order chi connectivity index (χ1) is 10.6. The molecule has 1 saturated heterocycles. The fourth-order valence-corrected chi connectivity index (χ4v) is 2.45. The predicted molar refractivity (Wildman–Crippen MR) is 87.0 cm³/mol. The molecule has 2 rings (SSSR count). The van der Waals surface area contributed by atoms with Crippen LogP contribution in [0, 0.1) is 0 Å². The lowest BCUT2D eigenvalue weighted by Gasteiger charge is -2.18. The largest absolute Gasteiger partial charge is 0.345 e. The van der Waals surface area contributed by atoms with Crippen LogP contribution in [-0.2, 0) is 4.79 Å². The second-order valence-electron chi connectivity index (χ2n) is 5.71. The molecule has 1 aromatic carbocycles. The molecule has 1 fully saturated rings. The van der Waals surface area contributed by atoms with Gasteiger partial charge in [0.2, 0.25) is 5.91 Å². The SMILES string of the molecule is CN(C)C(=O)c1cccc(NC(=O)CN2CCCNCC2)c1. The number of carbonyl (C=O) groups is 2. The average molecular weight is 304 g/mol. The Kier molecular flexibility index (Phi) is 5.91. The zero-order valence-electron chi connectivity index (χ0n) is 13.3. The van der Waals surface area contributed by atoms with Gasteiger partial charge in [0.15, 0.2) is 0 Å². The molecule has 0 bridgehead atoms. The van der Waals surface area contributed by atoms with Gasteiger partial charge in [0.1, 0.15) is 0 Å². The van der Waals surface area contributed by atoms with E-state index in [4.69, 9.17) is 0 Å². The molecular formula is C16H24N4O2. The maximum Gasteiger partial charge on any atom is 0.253 e. The summed E-state index contributed by atoms with van der Waals surface area (Å²) in [6.07, 6.45) is 1.06. The van der Waals surface area contributed by atoms with Gasteiger partial charge in [-0.3, -0.25) is 14.5 Å². The standard InChI is InChI=1S/C16H24N4O2/c1-19(2)16(22)13-5-3-6-14(11-13)18-15(21)12-20-9-4-7-17-8-10-20/h3,5-6,11,17H,4,7-10,12H2,1-2H3,(H,18,21). The number of rotatable bonds is 4. The minimum atomic E-state index is -0.0744. The molecule has 0 radical (unpaired) electrons. The van der Waals surface area contributed by atoms with Gasteiger partial charge in [-0.2, -0.15) is 0 Å². The molecule has 0 saturated carbocycles. The van der Waals surface area contributed by atoms with Gasteiger partial charge in [-0.1, -0.05) is 6.07 Å². The van der Waals surface area contributed by atoms with Gasteiger partial charge in [-0.05, 0) is 37.7 Å². The normalized spacial score (nSPS) is 15.9. The third-order valence-corrected chi connectivity index (χ3v) is 3.60. The summed E-state index contributed by atoms with van der Waals surface area (Å²) in [5.41, 5.74) is 1.23. The molecule has 0 aliphatic carbocycles. The molecule has 6 heteroatoms. The number of hydrogen-bond donors (Lipinski definition) is 2. The molecule has 0 atom stereocenters. The highest BCUT2D eigenvalue weighted by molar-refractivity contribution is 5.97. The Morgan fingerprint density at radius 3 is 2.86 bits per heavy atom. The van der Waals surface area contributed by atoms with Crippen molar-refractivity contribution in [1.82, 2.24) is 15.1 Å². The van der Waals surface area contributed by atoms with Crippen LogP contribution in [0.3, 0.4) is 0 Å². The van der Waals surface area contributed by atoms with Crippen molar-refractivity contribution in [1.29, 1.82) is 0 Å². The maximum absolute atomic E-state index is 12.1. The third-order valence-electron chi connectivity index (χ3n) is 3.60. The molecule has 2 N–H and O–H groups in total. The summed E-state index contributed by atoms with van der Waals surface area (Å²) >= 11 is 0. The first-order valence-corrected chi connectivity index (χ1v) is 7.61. The Morgan fingerprint density at radius 2 is 2.09 bits per heavy atom. The average Bonchev–Trinajstić information content (AvgIpc) is 2.75. The van der Waals surface area contributed by atoms with Crippen molar-refractivity contribution in [3.8, 4) is 0 Å². The molecule has 22 heavy (non-hydrogen) atoms. The quantitative estimate of drug-likeness (QED) is 0.856. The topological polar surface area (TPSA) is 64.7 Å². The van der Waals surface area contributed by atoms with Crippen LogP contribution in [0.4, 0.5) is 5.69 Å². The van der Waals surface area contributed by atoms with Crippen molar-refractivity contribution in [2.24, 2.45) is 0 Å². The van der Waals surface area contributed by atoms with Crippen LogP contribution < -0.4 is 10.6 Å². The minimum absolute atomic E-state index is 0.0450. The fourth-order valence-electron chi connectivity index (χ4n) is 2.45. The van der Waals surface area contributed by atoms with Crippen molar-refractivity contribution in [3.63, 3.8) is 0 Å². The third kappa shape index (κ3) is 4.82. The van der Waals surface area contributed by atoms with Crippen LogP contribution in [0.5, 0.6) is 0 Å².